The van der Waals surface area contributed by atoms with Gasteiger partial charge in [0.25, 0.3) is 0 Å². The summed E-state index contributed by atoms with van der Waals surface area (Å²) in [5.41, 5.74) is 5.84. The Kier molecular flexibility index (Phi) is 5.45. The number of rotatable bonds is 6. The molecule has 3 N–H and O–H groups in total. The number of likely N-dealkylation sites (N-methyl/N-ethyl adjacent to an activating group) is 1. The molecule has 0 atom stereocenters. The lowest BCUT2D eigenvalue weighted by molar-refractivity contribution is 0.158. The Morgan fingerprint density at radius 1 is 1.35 bits per heavy atom. The van der Waals surface area contributed by atoms with Crippen LogP contribution in [0.5, 0.6) is 5.75 Å². The van der Waals surface area contributed by atoms with E-state index in [-0.39, 0.29) is 6.10 Å². The van der Waals surface area contributed by atoms with E-state index in [1.807, 2.05) is 13.8 Å². The maximum atomic E-state index is 5.84. The first-order valence-electron chi connectivity index (χ1n) is 7.13. The lowest BCUT2D eigenvalue weighted by atomic mass is 10.3. The number of hydrogen-bond acceptors (Lipinski definition) is 7. The van der Waals surface area contributed by atoms with E-state index >= 15 is 0 Å². The molecule has 1 aliphatic rings. The second kappa shape index (κ2) is 7.10. The standard InChI is InChI=1S/C13H25N5OS/c1-10(2)19-11-12(14)16-20-13(11)15-4-5-18-8-6-17(3)7-9-18/h10,15H,4-9H2,1-3H3,(H2,14,16). The third kappa shape index (κ3) is 4.22. The van der Waals surface area contributed by atoms with E-state index in [2.05, 4.69) is 26.5 Å². The van der Waals surface area contributed by atoms with Gasteiger partial charge in [-0.15, -0.1) is 0 Å². The number of nitrogen functional groups attached to an aromatic ring is 1. The summed E-state index contributed by atoms with van der Waals surface area (Å²) in [7, 11) is 2.17. The molecule has 6 nitrogen and oxygen atoms in total. The molecule has 0 amide bonds. The molecule has 0 unspecified atom stereocenters. The van der Waals surface area contributed by atoms with Crippen LogP contribution in [0.15, 0.2) is 0 Å². The summed E-state index contributed by atoms with van der Waals surface area (Å²) in [6.45, 7) is 10.5. The van der Waals surface area contributed by atoms with E-state index in [0.29, 0.717) is 11.6 Å². The number of ether oxygens (including phenoxy) is 1. The Labute approximate surface area is 125 Å². The molecule has 2 heterocycles. The summed E-state index contributed by atoms with van der Waals surface area (Å²) in [6, 6.07) is 0. The number of anilines is 2. The van der Waals surface area contributed by atoms with Gasteiger partial charge in [0.2, 0.25) is 0 Å². The summed E-state index contributed by atoms with van der Waals surface area (Å²) in [5.74, 6) is 1.18. The van der Waals surface area contributed by atoms with Crippen LogP contribution in [0, 0.1) is 0 Å². The molecule has 1 aliphatic heterocycles. The number of hydrogen-bond donors (Lipinski definition) is 2. The van der Waals surface area contributed by atoms with Crippen molar-refractivity contribution in [2.75, 3.05) is 57.4 Å². The molecule has 2 rings (SSSR count). The van der Waals surface area contributed by atoms with Crippen LogP contribution < -0.4 is 15.8 Å². The van der Waals surface area contributed by atoms with Gasteiger partial charge in [-0.1, -0.05) is 0 Å². The van der Waals surface area contributed by atoms with Crippen molar-refractivity contribution >= 4 is 22.4 Å². The molecule has 1 aromatic rings. The van der Waals surface area contributed by atoms with Crippen LogP contribution in [0.25, 0.3) is 0 Å². The molecule has 0 radical (unpaired) electrons. The minimum absolute atomic E-state index is 0.104. The fraction of sp³-hybridized carbons (Fsp3) is 0.769. The molecule has 0 spiro atoms. The molecule has 0 aromatic carbocycles. The Morgan fingerprint density at radius 3 is 2.70 bits per heavy atom. The fourth-order valence-electron chi connectivity index (χ4n) is 2.16. The Balaban J connectivity index is 1.79. The number of nitrogens with one attached hydrogen (secondary N) is 1. The molecule has 0 aliphatic carbocycles. The number of nitrogens with zero attached hydrogens (tertiary/aromatic N) is 3. The van der Waals surface area contributed by atoms with E-state index in [1.54, 1.807) is 0 Å². The summed E-state index contributed by atoms with van der Waals surface area (Å²) in [6.07, 6.45) is 0.104. The van der Waals surface area contributed by atoms with E-state index in [9.17, 15) is 0 Å². The minimum atomic E-state index is 0.104. The number of piperazine rings is 1. The lowest BCUT2D eigenvalue weighted by Gasteiger charge is -2.32. The molecule has 20 heavy (non-hydrogen) atoms. The van der Waals surface area contributed by atoms with Crippen LogP contribution in [-0.2, 0) is 0 Å². The maximum absolute atomic E-state index is 5.84. The van der Waals surface area contributed by atoms with Crippen molar-refractivity contribution in [1.82, 2.24) is 14.2 Å². The van der Waals surface area contributed by atoms with Crippen molar-refractivity contribution in [2.24, 2.45) is 0 Å². The van der Waals surface area contributed by atoms with E-state index in [1.165, 1.54) is 11.5 Å². The average molecular weight is 299 g/mol. The fourth-order valence-corrected chi connectivity index (χ4v) is 2.83. The van der Waals surface area contributed by atoms with E-state index in [0.717, 1.165) is 44.3 Å². The molecule has 1 fully saturated rings. The second-order valence-corrected chi connectivity index (χ2v) is 6.24. The molecule has 0 saturated carbocycles. The zero-order valence-corrected chi connectivity index (χ0v) is 13.4. The van der Waals surface area contributed by atoms with E-state index < -0.39 is 0 Å². The van der Waals surface area contributed by atoms with Crippen LogP contribution in [-0.4, -0.2) is 66.6 Å². The monoisotopic (exact) mass is 299 g/mol. The van der Waals surface area contributed by atoms with E-state index in [4.69, 9.17) is 10.5 Å². The van der Waals surface area contributed by atoms with Crippen LogP contribution in [0.2, 0.25) is 0 Å². The van der Waals surface area contributed by atoms with Gasteiger partial charge in [-0.3, -0.25) is 4.90 Å². The smallest absolute Gasteiger partial charge is 0.197 e. The molecule has 7 heteroatoms. The average Bonchev–Trinajstić information content (AvgIpc) is 2.73. The zero-order chi connectivity index (χ0) is 14.5. The molecule has 114 valence electrons. The predicted octanol–water partition coefficient (Wildman–Crippen LogP) is 1.17. The third-order valence-electron chi connectivity index (χ3n) is 3.34. The highest BCUT2D eigenvalue weighted by molar-refractivity contribution is 7.11. The quantitative estimate of drug-likeness (QED) is 0.822. The second-order valence-electron chi connectivity index (χ2n) is 5.46. The summed E-state index contributed by atoms with van der Waals surface area (Å²) < 4.78 is 9.87. The summed E-state index contributed by atoms with van der Waals surface area (Å²) >= 11 is 1.37. The highest BCUT2D eigenvalue weighted by Crippen LogP contribution is 2.35. The van der Waals surface area contributed by atoms with Gasteiger partial charge in [0.05, 0.1) is 6.10 Å². The predicted molar refractivity (Wildman–Crippen MR) is 84.7 cm³/mol. The van der Waals surface area contributed by atoms with Crippen molar-refractivity contribution in [2.45, 2.75) is 20.0 Å². The van der Waals surface area contributed by atoms with Crippen LogP contribution >= 0.6 is 11.5 Å². The van der Waals surface area contributed by atoms with Crippen LogP contribution in [0.3, 0.4) is 0 Å². The first kappa shape index (κ1) is 15.3. The van der Waals surface area contributed by atoms with Crippen LogP contribution in [0.1, 0.15) is 13.8 Å². The van der Waals surface area contributed by atoms with Crippen molar-refractivity contribution in [3.8, 4) is 5.75 Å². The number of aromatic nitrogens is 1. The zero-order valence-electron chi connectivity index (χ0n) is 12.6. The Morgan fingerprint density at radius 2 is 2.05 bits per heavy atom. The maximum Gasteiger partial charge on any atom is 0.197 e. The van der Waals surface area contributed by atoms with Crippen molar-refractivity contribution < 1.29 is 4.74 Å². The highest BCUT2D eigenvalue weighted by atomic mass is 32.1. The SMILES string of the molecule is CC(C)Oc1c(N)nsc1NCCN1CCN(C)CC1. The highest BCUT2D eigenvalue weighted by Gasteiger charge is 2.16. The topological polar surface area (TPSA) is 66.7 Å². The molecular weight excluding hydrogens is 274 g/mol. The molecule has 1 saturated heterocycles. The van der Waals surface area contributed by atoms with Gasteiger partial charge >= 0.3 is 0 Å². The van der Waals surface area contributed by atoms with Crippen LogP contribution in [0.4, 0.5) is 10.8 Å². The van der Waals surface area contributed by atoms with Gasteiger partial charge in [-0.05, 0) is 32.4 Å². The lowest BCUT2D eigenvalue weighted by Crippen LogP contribution is -2.45. The largest absolute Gasteiger partial charge is 0.484 e. The normalized spacial score (nSPS) is 17.6. The first-order chi connectivity index (χ1) is 9.56. The minimum Gasteiger partial charge on any atom is -0.484 e. The Hall–Kier alpha value is -1.05. The van der Waals surface area contributed by atoms with Gasteiger partial charge < -0.3 is 20.7 Å². The summed E-state index contributed by atoms with van der Waals surface area (Å²) in [5, 5.41) is 4.33. The molecular formula is C13H25N5OS. The van der Waals surface area contributed by atoms with Gasteiger partial charge in [0.15, 0.2) is 16.6 Å². The van der Waals surface area contributed by atoms with Gasteiger partial charge in [0.1, 0.15) is 0 Å². The van der Waals surface area contributed by atoms with Crippen molar-refractivity contribution in [1.29, 1.82) is 0 Å². The van der Waals surface area contributed by atoms with Crippen molar-refractivity contribution in [3.05, 3.63) is 0 Å². The molecule has 1 aromatic heterocycles. The number of nitrogens with two attached hydrogens (primary N) is 1. The Bertz CT molecular complexity index is 415. The van der Waals surface area contributed by atoms with Crippen molar-refractivity contribution in [3.63, 3.8) is 0 Å². The molecule has 0 bridgehead atoms. The first-order valence-corrected chi connectivity index (χ1v) is 7.90. The third-order valence-corrected chi connectivity index (χ3v) is 4.14. The van der Waals surface area contributed by atoms with Gasteiger partial charge in [-0.2, -0.15) is 4.37 Å². The summed E-state index contributed by atoms with van der Waals surface area (Å²) in [4.78, 5) is 4.84. The van der Waals surface area contributed by atoms with Gasteiger partial charge in [-0.25, -0.2) is 0 Å². The van der Waals surface area contributed by atoms with Gasteiger partial charge in [0, 0.05) is 39.3 Å².